The maximum absolute atomic E-state index is 12.4. The van der Waals surface area contributed by atoms with Gasteiger partial charge in [0.05, 0.1) is 30.7 Å². The molecule has 162 valence electrons. The normalized spacial score (nSPS) is 21.4. The van der Waals surface area contributed by atoms with Crippen LogP contribution >= 0.6 is 11.3 Å². The summed E-state index contributed by atoms with van der Waals surface area (Å²) >= 11 is 1.38. The van der Waals surface area contributed by atoms with Gasteiger partial charge in [0, 0.05) is 26.2 Å². The van der Waals surface area contributed by atoms with Crippen molar-refractivity contribution in [2.24, 2.45) is 0 Å². The summed E-state index contributed by atoms with van der Waals surface area (Å²) in [5, 5.41) is 0.948. The summed E-state index contributed by atoms with van der Waals surface area (Å²) < 4.78 is 11.4. The lowest BCUT2D eigenvalue weighted by Crippen LogP contribution is -2.50. The Morgan fingerprint density at radius 2 is 2.10 bits per heavy atom. The molecule has 2 atom stereocenters. The molecular weight excluding hydrogens is 412 g/mol. The first kappa shape index (κ1) is 20.4. The molecule has 31 heavy (non-hydrogen) atoms. The van der Waals surface area contributed by atoms with Crippen molar-refractivity contribution >= 4 is 33.3 Å². The molecule has 0 spiro atoms. The minimum absolute atomic E-state index is 0.144. The number of esters is 1. The minimum atomic E-state index is -0.290. The lowest BCUT2D eigenvalue weighted by atomic mass is 10.1. The summed E-state index contributed by atoms with van der Waals surface area (Å²) in [5.41, 5.74) is 2.21. The average Bonchev–Trinajstić information content (AvgIpc) is 3.37. The second-order valence-electron chi connectivity index (χ2n) is 7.99. The van der Waals surface area contributed by atoms with Crippen LogP contribution in [0.3, 0.4) is 0 Å². The SMILES string of the molecule is CCOC(=O)c1sc2ncnc(N3CC4OCCN(Cc5ccccc5)C4C3)c2c1C. The fourth-order valence-corrected chi connectivity index (χ4v) is 5.67. The maximum atomic E-state index is 12.4. The van der Waals surface area contributed by atoms with Crippen LogP contribution in [0, 0.1) is 6.92 Å². The zero-order valence-corrected chi connectivity index (χ0v) is 18.6. The molecule has 0 bridgehead atoms. The molecule has 0 radical (unpaired) electrons. The van der Waals surface area contributed by atoms with Crippen molar-refractivity contribution in [3.05, 3.63) is 52.7 Å². The van der Waals surface area contributed by atoms with Crippen LogP contribution in [0.1, 0.15) is 27.7 Å². The number of rotatable bonds is 5. The molecule has 2 fully saturated rings. The van der Waals surface area contributed by atoms with E-state index in [0.717, 1.165) is 54.4 Å². The molecule has 4 heterocycles. The van der Waals surface area contributed by atoms with E-state index in [0.29, 0.717) is 17.5 Å². The highest BCUT2D eigenvalue weighted by atomic mass is 32.1. The minimum Gasteiger partial charge on any atom is -0.462 e. The summed E-state index contributed by atoms with van der Waals surface area (Å²) in [7, 11) is 0. The van der Waals surface area contributed by atoms with Crippen molar-refractivity contribution in [3.8, 4) is 0 Å². The second-order valence-corrected chi connectivity index (χ2v) is 8.99. The number of ether oxygens (including phenoxy) is 2. The average molecular weight is 439 g/mol. The Balaban J connectivity index is 1.43. The molecule has 1 aromatic carbocycles. The van der Waals surface area contributed by atoms with Gasteiger partial charge in [0.2, 0.25) is 0 Å². The van der Waals surface area contributed by atoms with Gasteiger partial charge in [0.25, 0.3) is 0 Å². The van der Waals surface area contributed by atoms with Crippen LogP contribution in [0.15, 0.2) is 36.7 Å². The molecule has 5 rings (SSSR count). The number of anilines is 1. The molecule has 7 nitrogen and oxygen atoms in total. The standard InChI is InChI=1S/C23H26N4O3S/c1-3-29-23(28)20-15(2)19-21(24-14-25-22(19)31-20)27-12-17-18(13-27)30-10-9-26(17)11-16-7-5-4-6-8-16/h4-8,14,17-18H,3,9-13H2,1-2H3. The maximum Gasteiger partial charge on any atom is 0.348 e. The van der Waals surface area contributed by atoms with E-state index >= 15 is 0 Å². The van der Waals surface area contributed by atoms with Crippen LogP contribution in [0.4, 0.5) is 5.82 Å². The zero-order chi connectivity index (χ0) is 21.4. The van der Waals surface area contributed by atoms with Gasteiger partial charge < -0.3 is 14.4 Å². The van der Waals surface area contributed by atoms with Gasteiger partial charge in [-0.2, -0.15) is 0 Å². The van der Waals surface area contributed by atoms with Crippen LogP contribution in [0.5, 0.6) is 0 Å². The zero-order valence-electron chi connectivity index (χ0n) is 17.8. The number of carbonyl (C=O) groups excluding carboxylic acids is 1. The van der Waals surface area contributed by atoms with Crippen molar-refractivity contribution < 1.29 is 14.3 Å². The second kappa shape index (κ2) is 8.53. The molecule has 3 aromatic rings. The molecule has 2 unspecified atom stereocenters. The Bertz CT molecular complexity index is 1090. The highest BCUT2D eigenvalue weighted by Crippen LogP contribution is 2.37. The Labute approximate surface area is 185 Å². The van der Waals surface area contributed by atoms with Crippen LogP contribution < -0.4 is 4.90 Å². The van der Waals surface area contributed by atoms with Gasteiger partial charge in [-0.05, 0) is 25.0 Å². The molecule has 2 aliphatic rings. The molecular formula is C23H26N4O3S. The van der Waals surface area contributed by atoms with Crippen LogP contribution in [0.2, 0.25) is 0 Å². The third-order valence-corrected chi connectivity index (χ3v) is 7.29. The van der Waals surface area contributed by atoms with E-state index in [1.165, 1.54) is 16.9 Å². The number of aryl methyl sites for hydroxylation is 1. The molecule has 0 aliphatic carbocycles. The van der Waals surface area contributed by atoms with Crippen molar-refractivity contribution in [1.82, 2.24) is 14.9 Å². The van der Waals surface area contributed by atoms with Crippen LogP contribution in [-0.4, -0.2) is 65.8 Å². The van der Waals surface area contributed by atoms with E-state index in [4.69, 9.17) is 9.47 Å². The predicted molar refractivity (Wildman–Crippen MR) is 121 cm³/mol. The fourth-order valence-electron chi connectivity index (χ4n) is 4.63. The van der Waals surface area contributed by atoms with Gasteiger partial charge >= 0.3 is 5.97 Å². The number of hydrogen-bond donors (Lipinski definition) is 0. The Morgan fingerprint density at radius 3 is 2.90 bits per heavy atom. The number of thiophene rings is 1. The number of fused-ring (bicyclic) bond motifs is 2. The Hall–Kier alpha value is -2.55. The number of hydrogen-bond acceptors (Lipinski definition) is 8. The highest BCUT2D eigenvalue weighted by Gasteiger charge is 2.41. The van der Waals surface area contributed by atoms with Gasteiger partial charge in [-0.15, -0.1) is 11.3 Å². The smallest absolute Gasteiger partial charge is 0.348 e. The van der Waals surface area contributed by atoms with Crippen molar-refractivity contribution in [2.75, 3.05) is 37.7 Å². The summed E-state index contributed by atoms with van der Waals surface area (Å²) in [6.07, 6.45) is 1.73. The van der Waals surface area contributed by atoms with Gasteiger partial charge in [-0.1, -0.05) is 30.3 Å². The van der Waals surface area contributed by atoms with Gasteiger partial charge in [-0.3, -0.25) is 4.90 Å². The lowest BCUT2D eigenvalue weighted by Gasteiger charge is -2.36. The number of carbonyl (C=O) groups is 1. The van der Waals surface area contributed by atoms with Gasteiger partial charge in [-0.25, -0.2) is 14.8 Å². The van der Waals surface area contributed by atoms with Crippen molar-refractivity contribution in [1.29, 1.82) is 0 Å². The first-order valence-corrected chi connectivity index (χ1v) is 11.5. The molecule has 0 N–H and O–H groups in total. The third-order valence-electron chi connectivity index (χ3n) is 6.11. The predicted octanol–water partition coefficient (Wildman–Crippen LogP) is 3.27. The number of morpholine rings is 1. The number of nitrogens with zero attached hydrogens (tertiary/aromatic N) is 4. The summed E-state index contributed by atoms with van der Waals surface area (Å²) in [6, 6.07) is 10.9. The highest BCUT2D eigenvalue weighted by molar-refractivity contribution is 7.20. The first-order chi connectivity index (χ1) is 15.2. The molecule has 0 saturated carbocycles. The lowest BCUT2D eigenvalue weighted by molar-refractivity contribution is -0.0499. The topological polar surface area (TPSA) is 67.8 Å². The third kappa shape index (κ3) is 3.79. The number of benzene rings is 1. The van der Waals surface area contributed by atoms with E-state index in [9.17, 15) is 4.79 Å². The summed E-state index contributed by atoms with van der Waals surface area (Å²) in [6.45, 7) is 8.34. The van der Waals surface area contributed by atoms with E-state index in [2.05, 4.69) is 50.1 Å². The number of aromatic nitrogens is 2. The molecule has 2 aliphatic heterocycles. The summed E-state index contributed by atoms with van der Waals surface area (Å²) in [5.74, 6) is 0.591. The van der Waals surface area contributed by atoms with E-state index < -0.39 is 0 Å². The monoisotopic (exact) mass is 438 g/mol. The fraction of sp³-hybridized carbons (Fsp3) is 0.435. The summed E-state index contributed by atoms with van der Waals surface area (Å²) in [4.78, 5) is 27.7. The Kier molecular flexibility index (Phi) is 5.60. The van der Waals surface area contributed by atoms with E-state index in [1.54, 1.807) is 6.33 Å². The molecule has 0 amide bonds. The molecule has 2 saturated heterocycles. The van der Waals surface area contributed by atoms with Crippen molar-refractivity contribution in [3.63, 3.8) is 0 Å². The molecule has 2 aromatic heterocycles. The van der Waals surface area contributed by atoms with E-state index in [1.807, 2.05) is 13.8 Å². The Morgan fingerprint density at radius 1 is 1.26 bits per heavy atom. The van der Waals surface area contributed by atoms with Crippen LogP contribution in [0.25, 0.3) is 10.2 Å². The van der Waals surface area contributed by atoms with Crippen molar-refractivity contribution in [2.45, 2.75) is 32.5 Å². The van der Waals surface area contributed by atoms with Gasteiger partial charge in [0.15, 0.2) is 0 Å². The van der Waals surface area contributed by atoms with Crippen LogP contribution in [-0.2, 0) is 16.0 Å². The first-order valence-electron chi connectivity index (χ1n) is 10.7. The van der Waals surface area contributed by atoms with Gasteiger partial charge in [0.1, 0.15) is 21.9 Å². The van der Waals surface area contributed by atoms with E-state index in [-0.39, 0.29) is 12.1 Å². The quantitative estimate of drug-likeness (QED) is 0.567. The largest absolute Gasteiger partial charge is 0.462 e. The molecule has 8 heteroatoms.